The molecule has 2 aromatic carbocycles. The molecule has 1 saturated heterocycles. The van der Waals surface area contributed by atoms with Crippen LogP contribution < -0.4 is 10.2 Å². The lowest BCUT2D eigenvalue weighted by atomic mass is 10.0. The molecular weight excluding hydrogens is 354 g/mol. The van der Waals surface area contributed by atoms with Crippen LogP contribution in [0.4, 0.5) is 0 Å². The minimum Gasteiger partial charge on any atom is -0.484 e. The van der Waals surface area contributed by atoms with E-state index < -0.39 is 0 Å². The lowest BCUT2D eigenvalue weighted by Gasteiger charge is -2.33. The quantitative estimate of drug-likeness (QED) is 0.682. The van der Waals surface area contributed by atoms with Gasteiger partial charge in [-0.1, -0.05) is 30.3 Å². The topological polar surface area (TPSA) is 59.8 Å². The molecule has 1 amide bonds. The number of piperidine rings is 1. The molecule has 4 rings (SSSR count). The lowest BCUT2D eigenvalue weighted by molar-refractivity contribution is -0.136. The molecule has 0 bridgehead atoms. The lowest BCUT2D eigenvalue weighted by Crippen LogP contribution is -2.44. The van der Waals surface area contributed by atoms with E-state index in [9.17, 15) is 9.59 Å². The Hall–Kier alpha value is -3.08. The van der Waals surface area contributed by atoms with Crippen LogP contribution in [0.1, 0.15) is 26.2 Å². The van der Waals surface area contributed by atoms with Gasteiger partial charge in [-0.15, -0.1) is 0 Å². The average molecular weight is 377 g/mol. The van der Waals surface area contributed by atoms with Gasteiger partial charge in [-0.25, -0.2) is 0 Å². The van der Waals surface area contributed by atoms with Gasteiger partial charge < -0.3 is 14.1 Å². The summed E-state index contributed by atoms with van der Waals surface area (Å²) in [5.74, 6) is 0.509. The van der Waals surface area contributed by atoms with Crippen LogP contribution in [0.2, 0.25) is 0 Å². The first kappa shape index (κ1) is 18.3. The third-order valence-corrected chi connectivity index (χ3v) is 5.32. The first-order valence-electron chi connectivity index (χ1n) is 9.67. The normalized spacial score (nSPS) is 16.9. The van der Waals surface area contributed by atoms with Crippen LogP contribution in [-0.4, -0.2) is 30.0 Å². The number of hydrogen-bond acceptors (Lipinski definition) is 4. The molecule has 0 aliphatic carbocycles. The predicted molar refractivity (Wildman–Crippen MR) is 108 cm³/mol. The summed E-state index contributed by atoms with van der Waals surface area (Å²) in [4.78, 5) is 27.1. The monoisotopic (exact) mass is 377 g/mol. The van der Waals surface area contributed by atoms with Crippen molar-refractivity contribution in [1.29, 1.82) is 0 Å². The van der Waals surface area contributed by atoms with Gasteiger partial charge in [0.2, 0.25) is 0 Å². The number of likely N-dealkylation sites (tertiary alicyclic amines) is 1. The molecule has 144 valence electrons. The molecule has 1 aliphatic heterocycles. The number of carbonyl (C=O) groups excluding carboxylic acids is 1. The first-order valence-corrected chi connectivity index (χ1v) is 9.67. The Bertz CT molecular complexity index is 1040. The SMILES string of the molecule is CC1CCCCN1C(=O)COc1ccc2c(=O)c(-c3ccccc3)coc2c1. The summed E-state index contributed by atoms with van der Waals surface area (Å²) in [6.07, 6.45) is 4.72. The van der Waals surface area contributed by atoms with E-state index in [1.807, 2.05) is 35.2 Å². The molecule has 1 unspecified atom stereocenters. The van der Waals surface area contributed by atoms with Crippen LogP contribution in [0.5, 0.6) is 5.75 Å². The van der Waals surface area contributed by atoms with Crippen LogP contribution in [0.25, 0.3) is 22.1 Å². The molecule has 1 fully saturated rings. The summed E-state index contributed by atoms with van der Waals surface area (Å²) in [5, 5.41) is 0.490. The Kier molecular flexibility index (Phi) is 5.15. The molecule has 1 aromatic heterocycles. The zero-order chi connectivity index (χ0) is 19.5. The third-order valence-electron chi connectivity index (χ3n) is 5.32. The molecule has 1 aliphatic rings. The summed E-state index contributed by atoms with van der Waals surface area (Å²) >= 11 is 0. The molecule has 3 aromatic rings. The molecule has 5 nitrogen and oxygen atoms in total. The van der Waals surface area contributed by atoms with Crippen LogP contribution in [0.3, 0.4) is 0 Å². The van der Waals surface area contributed by atoms with E-state index in [-0.39, 0.29) is 24.0 Å². The molecule has 0 N–H and O–H groups in total. The summed E-state index contributed by atoms with van der Waals surface area (Å²) in [6, 6.07) is 14.8. The fourth-order valence-corrected chi connectivity index (χ4v) is 3.71. The van der Waals surface area contributed by atoms with Gasteiger partial charge in [-0.2, -0.15) is 0 Å². The molecule has 0 radical (unpaired) electrons. The fraction of sp³-hybridized carbons (Fsp3) is 0.304. The highest BCUT2D eigenvalue weighted by Crippen LogP contribution is 2.23. The smallest absolute Gasteiger partial charge is 0.260 e. The zero-order valence-electron chi connectivity index (χ0n) is 15.9. The maximum Gasteiger partial charge on any atom is 0.260 e. The van der Waals surface area contributed by atoms with Crippen molar-refractivity contribution in [3.8, 4) is 16.9 Å². The van der Waals surface area contributed by atoms with E-state index in [0.717, 1.165) is 24.9 Å². The molecule has 0 saturated carbocycles. The van der Waals surface area contributed by atoms with Crippen molar-refractivity contribution >= 4 is 16.9 Å². The Morgan fingerprint density at radius 1 is 1.18 bits per heavy atom. The first-order chi connectivity index (χ1) is 13.6. The number of amides is 1. The minimum absolute atomic E-state index is 0.00632. The Balaban J connectivity index is 1.52. The van der Waals surface area contributed by atoms with Gasteiger partial charge in [0.1, 0.15) is 17.6 Å². The van der Waals surface area contributed by atoms with E-state index in [0.29, 0.717) is 22.3 Å². The summed E-state index contributed by atoms with van der Waals surface area (Å²) in [5.41, 5.74) is 1.70. The van der Waals surface area contributed by atoms with E-state index in [2.05, 4.69) is 6.92 Å². The molecular formula is C23H23NO4. The minimum atomic E-state index is -0.0859. The second kappa shape index (κ2) is 7.89. The standard InChI is InChI=1S/C23H23NO4/c1-16-7-5-6-12-24(16)22(25)15-27-18-10-11-19-21(13-18)28-14-20(23(19)26)17-8-3-2-4-9-17/h2-4,8-11,13-14,16H,5-7,12,15H2,1H3. The highest BCUT2D eigenvalue weighted by atomic mass is 16.5. The highest BCUT2D eigenvalue weighted by Gasteiger charge is 2.23. The van der Waals surface area contributed by atoms with Crippen LogP contribution in [-0.2, 0) is 4.79 Å². The van der Waals surface area contributed by atoms with Crippen molar-refractivity contribution in [2.75, 3.05) is 13.2 Å². The summed E-state index contributed by atoms with van der Waals surface area (Å²) in [7, 11) is 0. The van der Waals surface area contributed by atoms with Gasteiger partial charge in [-0.3, -0.25) is 9.59 Å². The second-order valence-electron chi connectivity index (χ2n) is 7.22. The van der Waals surface area contributed by atoms with Crippen molar-refractivity contribution in [1.82, 2.24) is 4.90 Å². The van der Waals surface area contributed by atoms with Crippen molar-refractivity contribution < 1.29 is 13.9 Å². The van der Waals surface area contributed by atoms with Gasteiger partial charge >= 0.3 is 0 Å². The molecule has 1 atom stereocenters. The van der Waals surface area contributed by atoms with E-state index >= 15 is 0 Å². The number of carbonyl (C=O) groups is 1. The number of benzene rings is 2. The predicted octanol–water partition coefficient (Wildman–Crippen LogP) is 4.24. The zero-order valence-corrected chi connectivity index (χ0v) is 15.9. The van der Waals surface area contributed by atoms with E-state index in [4.69, 9.17) is 9.15 Å². The number of rotatable bonds is 4. The maximum atomic E-state index is 12.8. The average Bonchev–Trinajstić information content (AvgIpc) is 2.73. The van der Waals surface area contributed by atoms with E-state index in [1.165, 1.54) is 12.7 Å². The maximum absolute atomic E-state index is 12.8. The Morgan fingerprint density at radius 3 is 2.79 bits per heavy atom. The molecule has 0 spiro atoms. The summed E-state index contributed by atoms with van der Waals surface area (Å²) < 4.78 is 11.4. The van der Waals surface area contributed by atoms with Crippen molar-refractivity contribution in [2.24, 2.45) is 0 Å². The third kappa shape index (κ3) is 3.65. The largest absolute Gasteiger partial charge is 0.484 e. The van der Waals surface area contributed by atoms with Gasteiger partial charge in [0.25, 0.3) is 5.91 Å². The van der Waals surface area contributed by atoms with Crippen molar-refractivity contribution in [3.63, 3.8) is 0 Å². The van der Waals surface area contributed by atoms with Gasteiger partial charge in [0.15, 0.2) is 12.0 Å². The Labute approximate surface area is 163 Å². The number of ether oxygens (including phenoxy) is 1. The summed E-state index contributed by atoms with van der Waals surface area (Å²) in [6.45, 7) is 2.85. The van der Waals surface area contributed by atoms with Crippen LogP contribution in [0.15, 0.2) is 64.0 Å². The Morgan fingerprint density at radius 2 is 2.00 bits per heavy atom. The number of hydrogen-bond donors (Lipinski definition) is 0. The van der Waals surface area contributed by atoms with Crippen molar-refractivity contribution in [2.45, 2.75) is 32.2 Å². The van der Waals surface area contributed by atoms with Crippen LogP contribution >= 0.6 is 0 Å². The molecule has 28 heavy (non-hydrogen) atoms. The fourth-order valence-electron chi connectivity index (χ4n) is 3.71. The molecule has 5 heteroatoms. The van der Waals surface area contributed by atoms with Crippen molar-refractivity contribution in [3.05, 3.63) is 65.0 Å². The van der Waals surface area contributed by atoms with Crippen LogP contribution in [0, 0.1) is 0 Å². The molecule has 2 heterocycles. The van der Waals surface area contributed by atoms with Gasteiger partial charge in [0, 0.05) is 18.7 Å². The van der Waals surface area contributed by atoms with Gasteiger partial charge in [0.05, 0.1) is 10.9 Å². The number of fused-ring (bicyclic) bond motifs is 1. The van der Waals surface area contributed by atoms with Gasteiger partial charge in [-0.05, 0) is 43.9 Å². The second-order valence-corrected chi connectivity index (χ2v) is 7.22. The van der Waals surface area contributed by atoms with E-state index in [1.54, 1.807) is 18.2 Å². The number of nitrogens with zero attached hydrogens (tertiary/aromatic N) is 1. The highest BCUT2D eigenvalue weighted by molar-refractivity contribution is 5.83.